The molecule has 0 aromatic heterocycles. The van der Waals surface area contributed by atoms with Crippen molar-refractivity contribution in [3.05, 3.63) is 28.8 Å². The lowest BCUT2D eigenvalue weighted by Gasteiger charge is -2.36. The number of carbonyl (C=O) groups is 1. The van der Waals surface area contributed by atoms with E-state index in [2.05, 4.69) is 0 Å². The van der Waals surface area contributed by atoms with Crippen LogP contribution in [0.2, 0.25) is 5.02 Å². The minimum absolute atomic E-state index is 0.0888. The minimum Gasteiger partial charge on any atom is -0.330 e. The Morgan fingerprint density at radius 1 is 1.07 bits per heavy atom. The minimum atomic E-state index is -4.73. The third-order valence-corrected chi connectivity index (χ3v) is 6.98. The number of sulfonamides is 1. The Kier molecular flexibility index (Phi) is 5.72. The van der Waals surface area contributed by atoms with Gasteiger partial charge in [-0.15, -0.1) is 0 Å². The number of benzene rings is 1. The van der Waals surface area contributed by atoms with Gasteiger partial charge in [-0.25, -0.2) is 8.42 Å². The van der Waals surface area contributed by atoms with Gasteiger partial charge in [-0.1, -0.05) is 11.6 Å². The van der Waals surface area contributed by atoms with E-state index in [-0.39, 0.29) is 19.0 Å². The molecule has 6 nitrogen and oxygen atoms in total. The average Bonchev–Trinajstić information content (AvgIpc) is 2.99. The SMILES string of the molecule is O=C1CCCN1CN1CCN(S(=O)(=O)c2ccc(Cl)c(C(F)(F)F)c2)CC1. The van der Waals surface area contributed by atoms with Crippen LogP contribution in [0.4, 0.5) is 13.2 Å². The lowest BCUT2D eigenvalue weighted by atomic mass is 10.2. The number of hydrogen-bond acceptors (Lipinski definition) is 4. The highest BCUT2D eigenvalue weighted by Crippen LogP contribution is 2.36. The molecular weight excluding hydrogens is 407 g/mol. The van der Waals surface area contributed by atoms with Crippen LogP contribution >= 0.6 is 11.6 Å². The van der Waals surface area contributed by atoms with E-state index in [0.29, 0.717) is 38.8 Å². The Balaban J connectivity index is 1.69. The molecule has 0 atom stereocenters. The van der Waals surface area contributed by atoms with Gasteiger partial charge >= 0.3 is 6.18 Å². The van der Waals surface area contributed by atoms with Crippen LogP contribution in [0.5, 0.6) is 0 Å². The number of alkyl halides is 3. The van der Waals surface area contributed by atoms with Crippen molar-refractivity contribution in [1.29, 1.82) is 0 Å². The molecule has 3 rings (SSSR count). The second-order valence-electron chi connectivity index (χ2n) is 6.56. The van der Waals surface area contributed by atoms with Gasteiger partial charge in [0.15, 0.2) is 0 Å². The maximum atomic E-state index is 13.0. The predicted octanol–water partition coefficient (Wildman–Crippen LogP) is 2.25. The van der Waals surface area contributed by atoms with Crippen LogP contribution in [-0.4, -0.2) is 67.8 Å². The van der Waals surface area contributed by atoms with Crippen LogP contribution in [0, 0.1) is 0 Å². The van der Waals surface area contributed by atoms with Crippen LogP contribution < -0.4 is 0 Å². The summed E-state index contributed by atoms with van der Waals surface area (Å²) in [6, 6.07) is 2.61. The number of carbonyl (C=O) groups excluding carboxylic acids is 1. The average molecular weight is 426 g/mol. The molecule has 0 unspecified atom stereocenters. The molecule has 1 aromatic rings. The molecule has 2 saturated heterocycles. The molecular formula is C16H19ClF3N3O3S. The highest BCUT2D eigenvalue weighted by atomic mass is 35.5. The molecule has 0 saturated carbocycles. The van der Waals surface area contributed by atoms with Crippen LogP contribution in [0.25, 0.3) is 0 Å². The topological polar surface area (TPSA) is 60.9 Å². The zero-order valence-electron chi connectivity index (χ0n) is 14.4. The maximum Gasteiger partial charge on any atom is 0.417 e. The summed E-state index contributed by atoms with van der Waals surface area (Å²) in [4.78, 5) is 15.0. The first-order chi connectivity index (χ1) is 12.6. The van der Waals surface area contributed by atoms with Crippen LogP contribution in [0.15, 0.2) is 23.1 Å². The quantitative estimate of drug-likeness (QED) is 0.742. The van der Waals surface area contributed by atoms with Crippen molar-refractivity contribution in [3.63, 3.8) is 0 Å². The van der Waals surface area contributed by atoms with Gasteiger partial charge in [-0.05, 0) is 24.6 Å². The van der Waals surface area contributed by atoms with Gasteiger partial charge in [-0.2, -0.15) is 17.5 Å². The van der Waals surface area contributed by atoms with E-state index in [1.165, 1.54) is 4.31 Å². The van der Waals surface area contributed by atoms with E-state index >= 15 is 0 Å². The number of likely N-dealkylation sites (tertiary alicyclic amines) is 1. The molecule has 1 aromatic carbocycles. The van der Waals surface area contributed by atoms with E-state index in [1.54, 1.807) is 4.90 Å². The molecule has 0 aliphatic carbocycles. The number of halogens is 4. The normalized spacial score (nSPS) is 20.4. The Hall–Kier alpha value is -1.36. The van der Waals surface area contributed by atoms with Gasteiger partial charge < -0.3 is 4.90 Å². The van der Waals surface area contributed by atoms with Crippen molar-refractivity contribution in [2.24, 2.45) is 0 Å². The van der Waals surface area contributed by atoms with E-state index in [9.17, 15) is 26.4 Å². The maximum absolute atomic E-state index is 13.0. The fourth-order valence-electron chi connectivity index (χ4n) is 3.24. The lowest BCUT2D eigenvalue weighted by Crippen LogP contribution is -2.51. The Morgan fingerprint density at radius 3 is 2.30 bits per heavy atom. The number of piperazine rings is 1. The van der Waals surface area contributed by atoms with E-state index in [4.69, 9.17) is 11.6 Å². The molecule has 0 bridgehead atoms. The fourth-order valence-corrected chi connectivity index (χ4v) is 4.91. The summed E-state index contributed by atoms with van der Waals surface area (Å²) in [5.74, 6) is 0.0888. The first-order valence-corrected chi connectivity index (χ1v) is 10.3. The van der Waals surface area contributed by atoms with Crippen molar-refractivity contribution < 1.29 is 26.4 Å². The summed E-state index contributed by atoms with van der Waals surface area (Å²) >= 11 is 5.56. The molecule has 0 radical (unpaired) electrons. The van der Waals surface area contributed by atoms with Gasteiger partial charge in [-0.3, -0.25) is 9.69 Å². The highest BCUT2D eigenvalue weighted by Gasteiger charge is 2.36. The lowest BCUT2D eigenvalue weighted by molar-refractivity contribution is -0.137. The highest BCUT2D eigenvalue weighted by molar-refractivity contribution is 7.89. The second kappa shape index (κ2) is 7.57. The van der Waals surface area contributed by atoms with Gasteiger partial charge in [0, 0.05) is 39.1 Å². The Labute approximate surface area is 160 Å². The summed E-state index contributed by atoms with van der Waals surface area (Å²) < 4.78 is 65.6. The Bertz CT molecular complexity index is 824. The van der Waals surface area contributed by atoms with Gasteiger partial charge in [0.25, 0.3) is 0 Å². The van der Waals surface area contributed by atoms with E-state index < -0.39 is 31.7 Å². The van der Waals surface area contributed by atoms with Crippen molar-refractivity contribution in [3.8, 4) is 0 Å². The van der Waals surface area contributed by atoms with Gasteiger partial charge in [0.05, 0.1) is 22.2 Å². The molecule has 1 amide bonds. The summed E-state index contributed by atoms with van der Waals surface area (Å²) in [6.07, 6.45) is -3.37. The molecule has 2 fully saturated rings. The first-order valence-electron chi connectivity index (χ1n) is 8.46. The first kappa shape index (κ1) is 20.4. The standard InChI is InChI=1S/C16H19ClF3N3O3S/c17-14-4-3-12(10-13(14)16(18,19)20)27(25,26)23-8-6-21(7-9-23)11-22-5-1-2-15(22)24/h3-4,10H,1-2,5-9,11H2. The summed E-state index contributed by atoms with van der Waals surface area (Å²) in [5, 5.41) is -0.540. The number of amides is 1. The number of hydrogen-bond donors (Lipinski definition) is 0. The fraction of sp³-hybridized carbons (Fsp3) is 0.562. The van der Waals surface area contributed by atoms with Crippen LogP contribution in [0.3, 0.4) is 0 Å². The Morgan fingerprint density at radius 2 is 1.74 bits per heavy atom. The molecule has 11 heteroatoms. The third-order valence-electron chi connectivity index (χ3n) is 4.75. The number of rotatable bonds is 4. The van der Waals surface area contributed by atoms with Crippen molar-refractivity contribution in [2.75, 3.05) is 39.4 Å². The third kappa shape index (κ3) is 4.39. The largest absolute Gasteiger partial charge is 0.417 e. The van der Waals surface area contributed by atoms with E-state index in [1.807, 2.05) is 4.90 Å². The number of nitrogens with zero attached hydrogens (tertiary/aromatic N) is 3. The predicted molar refractivity (Wildman–Crippen MR) is 92.6 cm³/mol. The summed E-state index contributed by atoms with van der Waals surface area (Å²) in [7, 11) is -4.06. The van der Waals surface area contributed by atoms with Crippen molar-refractivity contribution in [1.82, 2.24) is 14.1 Å². The molecule has 0 N–H and O–H groups in total. The zero-order valence-corrected chi connectivity index (χ0v) is 15.9. The van der Waals surface area contributed by atoms with Crippen LogP contribution in [-0.2, 0) is 21.0 Å². The van der Waals surface area contributed by atoms with Crippen molar-refractivity contribution in [2.45, 2.75) is 23.9 Å². The molecule has 2 aliphatic heterocycles. The van der Waals surface area contributed by atoms with Gasteiger partial charge in [0.2, 0.25) is 15.9 Å². The summed E-state index contributed by atoms with van der Waals surface area (Å²) in [5.41, 5.74) is -1.17. The molecule has 150 valence electrons. The second-order valence-corrected chi connectivity index (χ2v) is 8.91. The van der Waals surface area contributed by atoms with E-state index in [0.717, 1.165) is 18.6 Å². The zero-order chi connectivity index (χ0) is 19.8. The van der Waals surface area contributed by atoms with Crippen LogP contribution in [0.1, 0.15) is 18.4 Å². The summed E-state index contributed by atoms with van der Waals surface area (Å²) in [6.45, 7) is 2.25. The van der Waals surface area contributed by atoms with Crippen molar-refractivity contribution >= 4 is 27.5 Å². The molecule has 2 heterocycles. The monoisotopic (exact) mass is 425 g/mol. The smallest absolute Gasteiger partial charge is 0.330 e. The molecule has 27 heavy (non-hydrogen) atoms. The molecule has 2 aliphatic rings. The molecule has 0 spiro atoms. The van der Waals surface area contributed by atoms with Gasteiger partial charge in [0.1, 0.15) is 0 Å².